The second kappa shape index (κ2) is 4.45. The third kappa shape index (κ3) is 1.84. The molecule has 20 heavy (non-hydrogen) atoms. The number of nitrogens with zero attached hydrogens (tertiary/aromatic N) is 1. The van der Waals surface area contributed by atoms with Gasteiger partial charge in [-0.15, -0.1) is 0 Å². The number of rotatable bonds is 3. The Morgan fingerprint density at radius 2 is 2.10 bits per heavy atom. The predicted molar refractivity (Wildman–Crippen MR) is 76.0 cm³/mol. The van der Waals surface area contributed by atoms with Crippen molar-refractivity contribution in [2.75, 3.05) is 12.1 Å². The van der Waals surface area contributed by atoms with Crippen molar-refractivity contribution in [2.45, 2.75) is 6.54 Å². The zero-order valence-corrected chi connectivity index (χ0v) is 10.7. The molecular weight excluding hydrogens is 254 g/mol. The zero-order valence-electron chi connectivity index (χ0n) is 10.7. The fourth-order valence-electron chi connectivity index (χ4n) is 2.37. The summed E-state index contributed by atoms with van der Waals surface area (Å²) in [7, 11) is 0. The number of ether oxygens (including phenoxy) is 2. The van der Waals surface area contributed by atoms with E-state index in [2.05, 4.69) is 15.5 Å². The number of hydrogen-bond acceptors (Lipinski definition) is 4. The molecule has 0 unspecified atom stereocenters. The quantitative estimate of drug-likeness (QED) is 0.766. The Morgan fingerprint density at radius 3 is 3.10 bits per heavy atom. The summed E-state index contributed by atoms with van der Waals surface area (Å²) in [6, 6.07) is 12.0. The van der Waals surface area contributed by atoms with Crippen LogP contribution in [-0.4, -0.2) is 17.0 Å². The van der Waals surface area contributed by atoms with Gasteiger partial charge in [0.15, 0.2) is 11.5 Å². The number of H-pyrrole nitrogens is 1. The number of fused-ring (bicyclic) bond motifs is 2. The lowest BCUT2D eigenvalue weighted by Gasteiger charge is -2.08. The lowest BCUT2D eigenvalue weighted by molar-refractivity contribution is 0.174. The highest BCUT2D eigenvalue weighted by atomic mass is 16.7. The molecule has 0 atom stereocenters. The maximum Gasteiger partial charge on any atom is 0.231 e. The van der Waals surface area contributed by atoms with Crippen LogP contribution < -0.4 is 14.8 Å². The third-order valence-corrected chi connectivity index (χ3v) is 3.40. The molecule has 0 amide bonds. The van der Waals surface area contributed by atoms with Gasteiger partial charge in [-0.25, -0.2) is 0 Å². The molecule has 5 heteroatoms. The Bertz CT molecular complexity index is 767. The van der Waals surface area contributed by atoms with Crippen LogP contribution in [0.4, 0.5) is 5.69 Å². The van der Waals surface area contributed by atoms with Crippen LogP contribution in [0.15, 0.2) is 42.6 Å². The normalized spacial score (nSPS) is 12.8. The molecule has 3 aromatic rings. The molecule has 2 heterocycles. The second-order valence-electron chi connectivity index (χ2n) is 4.68. The zero-order chi connectivity index (χ0) is 13.4. The minimum absolute atomic E-state index is 0.306. The van der Waals surface area contributed by atoms with Gasteiger partial charge in [-0.2, -0.15) is 5.10 Å². The van der Waals surface area contributed by atoms with Gasteiger partial charge in [0, 0.05) is 17.6 Å². The number of hydrogen-bond donors (Lipinski definition) is 2. The fraction of sp³-hybridized carbons (Fsp3) is 0.133. The summed E-state index contributed by atoms with van der Waals surface area (Å²) in [4.78, 5) is 0. The minimum atomic E-state index is 0.306. The van der Waals surface area contributed by atoms with Crippen molar-refractivity contribution in [3.05, 3.63) is 48.2 Å². The highest BCUT2D eigenvalue weighted by molar-refractivity contribution is 5.90. The second-order valence-corrected chi connectivity index (χ2v) is 4.68. The van der Waals surface area contributed by atoms with Gasteiger partial charge >= 0.3 is 0 Å². The monoisotopic (exact) mass is 267 g/mol. The fourth-order valence-corrected chi connectivity index (χ4v) is 2.37. The third-order valence-electron chi connectivity index (χ3n) is 3.40. The molecule has 1 aliphatic heterocycles. The van der Waals surface area contributed by atoms with Crippen molar-refractivity contribution in [2.24, 2.45) is 0 Å². The average molecular weight is 267 g/mol. The summed E-state index contributed by atoms with van der Waals surface area (Å²) in [5.74, 6) is 1.62. The van der Waals surface area contributed by atoms with E-state index in [9.17, 15) is 0 Å². The molecule has 4 rings (SSSR count). The first-order chi connectivity index (χ1) is 9.90. The van der Waals surface area contributed by atoms with Crippen LogP contribution in [0, 0.1) is 0 Å². The molecule has 0 aliphatic carbocycles. The van der Waals surface area contributed by atoms with E-state index in [0.717, 1.165) is 40.2 Å². The van der Waals surface area contributed by atoms with Crippen LogP contribution in [0.1, 0.15) is 5.56 Å². The van der Waals surface area contributed by atoms with Crippen molar-refractivity contribution >= 4 is 16.6 Å². The Balaban J connectivity index is 1.57. The molecular formula is C15H13N3O2. The molecule has 0 fully saturated rings. The van der Waals surface area contributed by atoms with Gasteiger partial charge in [-0.1, -0.05) is 12.1 Å². The van der Waals surface area contributed by atoms with Crippen LogP contribution in [0.2, 0.25) is 0 Å². The van der Waals surface area contributed by atoms with E-state index in [0.29, 0.717) is 6.79 Å². The van der Waals surface area contributed by atoms with E-state index in [1.807, 2.05) is 42.6 Å². The standard InChI is InChI=1S/C15H13N3O2/c1-2-12(11-8-17-18-13(11)3-1)16-7-10-4-5-14-15(6-10)20-9-19-14/h1-6,8,16H,7,9H2,(H,17,18). The van der Waals surface area contributed by atoms with Crippen LogP contribution in [0.25, 0.3) is 10.9 Å². The van der Waals surface area contributed by atoms with E-state index < -0.39 is 0 Å². The Hall–Kier alpha value is -2.69. The Kier molecular flexibility index (Phi) is 2.48. The smallest absolute Gasteiger partial charge is 0.231 e. The van der Waals surface area contributed by atoms with Gasteiger partial charge < -0.3 is 14.8 Å². The highest BCUT2D eigenvalue weighted by Crippen LogP contribution is 2.32. The molecule has 2 N–H and O–H groups in total. The number of aromatic nitrogens is 2. The highest BCUT2D eigenvalue weighted by Gasteiger charge is 2.13. The first-order valence-electron chi connectivity index (χ1n) is 6.45. The molecule has 0 spiro atoms. The number of benzene rings is 2. The van der Waals surface area contributed by atoms with Crippen molar-refractivity contribution in [1.82, 2.24) is 10.2 Å². The van der Waals surface area contributed by atoms with E-state index >= 15 is 0 Å². The van der Waals surface area contributed by atoms with Gasteiger partial charge in [0.25, 0.3) is 0 Å². The number of anilines is 1. The first-order valence-corrected chi connectivity index (χ1v) is 6.45. The van der Waals surface area contributed by atoms with Crippen molar-refractivity contribution < 1.29 is 9.47 Å². The van der Waals surface area contributed by atoms with Crippen LogP contribution in [0.5, 0.6) is 11.5 Å². The van der Waals surface area contributed by atoms with E-state index in [4.69, 9.17) is 9.47 Å². The molecule has 0 saturated heterocycles. The summed E-state index contributed by atoms with van der Waals surface area (Å²) in [6.45, 7) is 1.03. The summed E-state index contributed by atoms with van der Waals surface area (Å²) < 4.78 is 10.7. The van der Waals surface area contributed by atoms with Gasteiger partial charge in [0.1, 0.15) is 0 Å². The summed E-state index contributed by atoms with van der Waals surface area (Å²) in [5.41, 5.74) is 3.24. The number of aromatic amines is 1. The molecule has 100 valence electrons. The molecule has 5 nitrogen and oxygen atoms in total. The van der Waals surface area contributed by atoms with Crippen molar-refractivity contribution in [1.29, 1.82) is 0 Å². The van der Waals surface area contributed by atoms with Gasteiger partial charge in [-0.3, -0.25) is 5.10 Å². The summed E-state index contributed by atoms with van der Waals surface area (Å²) in [5, 5.41) is 11.5. The SMILES string of the molecule is c1cc(NCc2ccc3c(c2)OCO3)c2cn[nH]c2c1. The summed E-state index contributed by atoms with van der Waals surface area (Å²) >= 11 is 0. The van der Waals surface area contributed by atoms with Crippen LogP contribution >= 0.6 is 0 Å². The molecule has 1 aromatic heterocycles. The van der Waals surface area contributed by atoms with Gasteiger partial charge in [0.2, 0.25) is 6.79 Å². The molecule has 0 bridgehead atoms. The largest absolute Gasteiger partial charge is 0.454 e. The Labute approximate surface area is 115 Å². The molecule has 0 saturated carbocycles. The van der Waals surface area contributed by atoms with Gasteiger partial charge in [-0.05, 0) is 29.8 Å². The first kappa shape index (κ1) is 11.2. The van der Waals surface area contributed by atoms with Gasteiger partial charge in [0.05, 0.1) is 11.7 Å². The molecule has 2 aromatic carbocycles. The summed E-state index contributed by atoms with van der Waals surface area (Å²) in [6.07, 6.45) is 1.83. The average Bonchev–Trinajstić information content (AvgIpc) is 3.13. The van der Waals surface area contributed by atoms with Crippen LogP contribution in [-0.2, 0) is 6.54 Å². The van der Waals surface area contributed by atoms with Crippen LogP contribution in [0.3, 0.4) is 0 Å². The maximum atomic E-state index is 5.38. The van der Waals surface area contributed by atoms with E-state index in [1.54, 1.807) is 0 Å². The molecule has 0 radical (unpaired) electrons. The molecule has 1 aliphatic rings. The lowest BCUT2D eigenvalue weighted by atomic mass is 10.2. The maximum absolute atomic E-state index is 5.38. The van der Waals surface area contributed by atoms with E-state index in [1.165, 1.54) is 0 Å². The predicted octanol–water partition coefficient (Wildman–Crippen LogP) is 2.90. The topological polar surface area (TPSA) is 59.2 Å². The van der Waals surface area contributed by atoms with Crippen molar-refractivity contribution in [3.63, 3.8) is 0 Å². The minimum Gasteiger partial charge on any atom is -0.454 e. The lowest BCUT2D eigenvalue weighted by Crippen LogP contribution is -1.99. The van der Waals surface area contributed by atoms with Crippen molar-refractivity contribution in [3.8, 4) is 11.5 Å². The van der Waals surface area contributed by atoms with E-state index in [-0.39, 0.29) is 0 Å². The Morgan fingerprint density at radius 1 is 1.15 bits per heavy atom. The number of nitrogens with one attached hydrogen (secondary N) is 2.